The molecule has 0 amide bonds. The van der Waals surface area contributed by atoms with Gasteiger partial charge in [0, 0.05) is 11.8 Å². The number of pyridine rings is 1. The number of carbonyl (C=O) groups is 1. The van der Waals surface area contributed by atoms with Gasteiger partial charge in [-0.25, -0.2) is 0 Å². The molecule has 0 fully saturated rings. The fourth-order valence-electron chi connectivity index (χ4n) is 0.909. The van der Waals surface area contributed by atoms with Crippen molar-refractivity contribution in [1.82, 2.24) is 4.98 Å². The van der Waals surface area contributed by atoms with Gasteiger partial charge < -0.3 is 5.11 Å². The van der Waals surface area contributed by atoms with Gasteiger partial charge in [-0.3, -0.25) is 9.78 Å². The molecule has 1 unspecified atom stereocenters. The Bertz CT molecular complexity index is 319. The van der Waals surface area contributed by atoms with Gasteiger partial charge in [-0.15, -0.1) is 0 Å². The van der Waals surface area contributed by atoms with E-state index in [0.29, 0.717) is 5.69 Å². The Kier molecular flexibility index (Phi) is 2.93. The van der Waals surface area contributed by atoms with E-state index in [2.05, 4.69) is 11.6 Å². The van der Waals surface area contributed by atoms with Crippen LogP contribution in [-0.2, 0) is 4.79 Å². The molecular formula is C10H11NO2. The van der Waals surface area contributed by atoms with Crippen molar-refractivity contribution >= 4 is 5.78 Å². The molecule has 1 atom stereocenters. The second-order valence-corrected chi connectivity index (χ2v) is 2.74. The number of Topliss-reactive ketones (excluding diaryl/α,β-unsaturated/α-hetero) is 1. The largest absolute Gasteiger partial charge is 0.382 e. The van der Waals surface area contributed by atoms with Gasteiger partial charge in [0.1, 0.15) is 6.10 Å². The number of hydrogen-bond donors (Lipinski definition) is 1. The molecule has 68 valence electrons. The van der Waals surface area contributed by atoms with Crippen molar-refractivity contribution in [2.45, 2.75) is 13.0 Å². The fraction of sp³-hybridized carbons (Fsp3) is 0.200. The minimum Gasteiger partial charge on any atom is -0.382 e. The van der Waals surface area contributed by atoms with E-state index in [9.17, 15) is 9.90 Å². The molecule has 3 heteroatoms. The van der Waals surface area contributed by atoms with Crippen LogP contribution in [0.15, 0.2) is 36.5 Å². The van der Waals surface area contributed by atoms with Crippen LogP contribution in [0, 0.1) is 0 Å². The van der Waals surface area contributed by atoms with Gasteiger partial charge in [0.05, 0.1) is 5.69 Å². The Hall–Kier alpha value is -1.48. The Morgan fingerprint density at radius 3 is 2.77 bits per heavy atom. The quantitative estimate of drug-likeness (QED) is 0.707. The van der Waals surface area contributed by atoms with E-state index in [1.165, 1.54) is 6.92 Å². The number of rotatable bonds is 3. The van der Waals surface area contributed by atoms with E-state index in [-0.39, 0.29) is 11.4 Å². The van der Waals surface area contributed by atoms with E-state index in [1.807, 2.05) is 0 Å². The smallest absolute Gasteiger partial charge is 0.158 e. The Morgan fingerprint density at radius 1 is 1.62 bits per heavy atom. The lowest BCUT2D eigenvalue weighted by Gasteiger charge is -2.09. The topological polar surface area (TPSA) is 50.2 Å². The van der Waals surface area contributed by atoms with Crippen LogP contribution in [0.4, 0.5) is 0 Å². The van der Waals surface area contributed by atoms with Crippen LogP contribution < -0.4 is 0 Å². The number of aliphatic hydroxyl groups is 1. The summed E-state index contributed by atoms with van der Waals surface area (Å²) in [7, 11) is 0. The predicted molar refractivity (Wildman–Crippen MR) is 49.0 cm³/mol. The average molecular weight is 177 g/mol. The average Bonchev–Trinajstić information content (AvgIpc) is 2.17. The maximum Gasteiger partial charge on any atom is 0.158 e. The number of aromatic nitrogens is 1. The molecule has 0 radical (unpaired) electrons. The van der Waals surface area contributed by atoms with Gasteiger partial charge in [0.15, 0.2) is 5.78 Å². The molecule has 0 saturated heterocycles. The zero-order valence-electron chi connectivity index (χ0n) is 7.40. The highest BCUT2D eigenvalue weighted by molar-refractivity contribution is 5.93. The first kappa shape index (κ1) is 9.61. The van der Waals surface area contributed by atoms with Crippen molar-refractivity contribution in [1.29, 1.82) is 0 Å². The summed E-state index contributed by atoms with van der Waals surface area (Å²) in [5.74, 6) is -0.224. The summed E-state index contributed by atoms with van der Waals surface area (Å²) in [6.07, 6.45) is 0.574. The lowest BCUT2D eigenvalue weighted by atomic mass is 10.1. The zero-order valence-corrected chi connectivity index (χ0v) is 7.40. The molecule has 1 heterocycles. The monoisotopic (exact) mass is 177 g/mol. The Morgan fingerprint density at radius 2 is 2.31 bits per heavy atom. The third kappa shape index (κ3) is 2.23. The first-order chi connectivity index (χ1) is 6.13. The summed E-state index contributed by atoms with van der Waals surface area (Å²) in [5, 5.41) is 9.58. The maximum absolute atomic E-state index is 10.9. The molecule has 1 rings (SSSR count). The second-order valence-electron chi connectivity index (χ2n) is 2.74. The third-order valence-electron chi connectivity index (χ3n) is 1.75. The van der Waals surface area contributed by atoms with Crippen molar-refractivity contribution in [3.05, 3.63) is 42.2 Å². The molecule has 0 saturated carbocycles. The lowest BCUT2D eigenvalue weighted by molar-refractivity contribution is -0.114. The minimum absolute atomic E-state index is 0.165. The molecule has 0 bridgehead atoms. The summed E-state index contributed by atoms with van der Waals surface area (Å²) in [6, 6.07) is 5.14. The number of carbonyl (C=O) groups excluding carboxylic acids is 1. The van der Waals surface area contributed by atoms with Gasteiger partial charge in [-0.05, 0) is 19.1 Å². The van der Waals surface area contributed by atoms with Crippen LogP contribution in [-0.4, -0.2) is 15.9 Å². The number of aliphatic hydroxyl groups excluding tert-OH is 1. The highest BCUT2D eigenvalue weighted by atomic mass is 16.3. The third-order valence-corrected chi connectivity index (χ3v) is 1.75. The summed E-state index contributed by atoms with van der Waals surface area (Å²) in [6.45, 7) is 4.86. The molecule has 1 aromatic rings. The number of hydrogen-bond acceptors (Lipinski definition) is 3. The lowest BCUT2D eigenvalue weighted by Crippen LogP contribution is -2.08. The van der Waals surface area contributed by atoms with E-state index in [4.69, 9.17) is 0 Å². The summed E-state index contributed by atoms with van der Waals surface area (Å²) >= 11 is 0. The Labute approximate surface area is 76.7 Å². The first-order valence-corrected chi connectivity index (χ1v) is 3.91. The molecule has 3 nitrogen and oxygen atoms in total. The van der Waals surface area contributed by atoms with Crippen LogP contribution in [0.1, 0.15) is 18.7 Å². The van der Waals surface area contributed by atoms with Gasteiger partial charge in [-0.1, -0.05) is 12.6 Å². The van der Waals surface area contributed by atoms with E-state index < -0.39 is 6.10 Å². The summed E-state index contributed by atoms with van der Waals surface area (Å²) in [4.78, 5) is 14.8. The maximum atomic E-state index is 10.9. The van der Waals surface area contributed by atoms with Crippen molar-refractivity contribution in [2.24, 2.45) is 0 Å². The van der Waals surface area contributed by atoms with Crippen molar-refractivity contribution < 1.29 is 9.90 Å². The van der Waals surface area contributed by atoms with E-state index in [0.717, 1.165) is 0 Å². The fourth-order valence-corrected chi connectivity index (χ4v) is 0.909. The SMILES string of the molecule is C=C(C(C)=O)C(O)c1ccccn1. The summed E-state index contributed by atoms with van der Waals surface area (Å²) < 4.78 is 0. The minimum atomic E-state index is -0.987. The predicted octanol–water partition coefficient (Wildman–Crippen LogP) is 1.26. The summed E-state index contributed by atoms with van der Waals surface area (Å²) in [5.41, 5.74) is 0.612. The molecule has 0 aliphatic carbocycles. The molecule has 0 aliphatic heterocycles. The van der Waals surface area contributed by atoms with Crippen LogP contribution in [0.5, 0.6) is 0 Å². The van der Waals surface area contributed by atoms with Gasteiger partial charge in [0.2, 0.25) is 0 Å². The normalized spacial score (nSPS) is 12.2. The highest BCUT2D eigenvalue weighted by Crippen LogP contribution is 2.17. The van der Waals surface area contributed by atoms with Gasteiger partial charge in [0.25, 0.3) is 0 Å². The molecule has 0 aromatic carbocycles. The molecule has 1 aromatic heterocycles. The molecule has 1 N–H and O–H groups in total. The van der Waals surface area contributed by atoms with Crippen LogP contribution in [0.25, 0.3) is 0 Å². The second kappa shape index (κ2) is 3.96. The standard InChI is InChI=1S/C10H11NO2/c1-7(8(2)12)10(13)9-5-3-4-6-11-9/h3-6,10,13H,1H2,2H3. The van der Waals surface area contributed by atoms with Gasteiger partial charge in [-0.2, -0.15) is 0 Å². The van der Waals surface area contributed by atoms with Crippen LogP contribution >= 0.6 is 0 Å². The van der Waals surface area contributed by atoms with Crippen LogP contribution in [0.2, 0.25) is 0 Å². The molecule has 0 spiro atoms. The van der Waals surface area contributed by atoms with Crippen LogP contribution in [0.3, 0.4) is 0 Å². The van der Waals surface area contributed by atoms with E-state index in [1.54, 1.807) is 24.4 Å². The van der Waals surface area contributed by atoms with Crippen molar-refractivity contribution in [3.8, 4) is 0 Å². The Balaban J connectivity index is 2.86. The number of nitrogens with zero attached hydrogens (tertiary/aromatic N) is 1. The van der Waals surface area contributed by atoms with Crippen molar-refractivity contribution in [2.75, 3.05) is 0 Å². The molecule has 13 heavy (non-hydrogen) atoms. The van der Waals surface area contributed by atoms with Crippen molar-refractivity contribution in [3.63, 3.8) is 0 Å². The number of ketones is 1. The van der Waals surface area contributed by atoms with E-state index >= 15 is 0 Å². The first-order valence-electron chi connectivity index (χ1n) is 3.91. The molecular weight excluding hydrogens is 166 g/mol. The van der Waals surface area contributed by atoms with Gasteiger partial charge >= 0.3 is 0 Å². The molecule has 0 aliphatic rings. The highest BCUT2D eigenvalue weighted by Gasteiger charge is 2.15. The zero-order chi connectivity index (χ0) is 9.84.